The van der Waals surface area contributed by atoms with Gasteiger partial charge in [-0.1, -0.05) is 6.42 Å². The maximum atomic E-state index is 12.4. The van der Waals surface area contributed by atoms with Gasteiger partial charge in [-0.25, -0.2) is 0 Å². The molecule has 7 nitrogen and oxygen atoms in total. The smallest absolute Gasteiger partial charge is 0.225 e. The molecule has 3 aliphatic rings. The topological polar surface area (TPSA) is 69.2 Å². The highest BCUT2D eigenvalue weighted by Gasteiger charge is 2.39. The number of carbonyl (C=O) groups is 1. The van der Waals surface area contributed by atoms with Crippen LogP contribution in [-0.4, -0.2) is 87.2 Å². The Balaban J connectivity index is 0.00000300. The molecule has 0 bridgehead atoms. The highest BCUT2D eigenvalue weighted by Crippen LogP contribution is 2.31. The first-order chi connectivity index (χ1) is 13.5. The molecule has 3 rings (SSSR count). The molecular formula is C21H40IN5O2. The number of ether oxygens (including phenoxy) is 1. The molecule has 2 N–H and O–H groups in total. The van der Waals surface area contributed by atoms with E-state index in [9.17, 15) is 4.79 Å². The first-order valence-corrected chi connectivity index (χ1v) is 11.1. The fourth-order valence-electron chi connectivity index (χ4n) is 5.09. The van der Waals surface area contributed by atoms with Gasteiger partial charge in [0.2, 0.25) is 5.91 Å². The molecule has 8 heteroatoms. The molecule has 2 atom stereocenters. The van der Waals surface area contributed by atoms with Crippen LogP contribution in [0, 0.1) is 5.92 Å². The number of nitrogens with zero attached hydrogens (tertiary/aromatic N) is 3. The number of hydrogen-bond donors (Lipinski definition) is 2. The van der Waals surface area contributed by atoms with E-state index in [1.807, 2.05) is 21.1 Å². The fourth-order valence-corrected chi connectivity index (χ4v) is 5.09. The lowest BCUT2D eigenvalue weighted by atomic mass is 9.85. The maximum absolute atomic E-state index is 12.4. The van der Waals surface area contributed by atoms with E-state index in [4.69, 9.17) is 4.74 Å². The van der Waals surface area contributed by atoms with Gasteiger partial charge in [-0.3, -0.25) is 14.7 Å². The van der Waals surface area contributed by atoms with Crippen LogP contribution in [0.3, 0.4) is 0 Å². The van der Waals surface area contributed by atoms with Crippen molar-refractivity contribution in [3.63, 3.8) is 0 Å². The van der Waals surface area contributed by atoms with E-state index < -0.39 is 0 Å². The molecule has 168 valence electrons. The second kappa shape index (κ2) is 11.7. The van der Waals surface area contributed by atoms with Crippen LogP contribution < -0.4 is 10.6 Å². The molecule has 2 saturated heterocycles. The van der Waals surface area contributed by atoms with E-state index in [1.54, 1.807) is 4.90 Å². The molecule has 2 unspecified atom stereocenters. The summed E-state index contributed by atoms with van der Waals surface area (Å²) in [4.78, 5) is 21.2. The molecule has 1 saturated carbocycles. The van der Waals surface area contributed by atoms with Gasteiger partial charge in [0, 0.05) is 58.4 Å². The zero-order valence-corrected chi connectivity index (χ0v) is 20.7. The molecule has 3 fully saturated rings. The first kappa shape index (κ1) is 24.7. The van der Waals surface area contributed by atoms with Crippen molar-refractivity contribution in [3.8, 4) is 0 Å². The van der Waals surface area contributed by atoms with Crippen molar-refractivity contribution in [2.75, 3.05) is 54.0 Å². The number of halogens is 1. The molecule has 0 radical (unpaired) electrons. The molecule has 1 aliphatic carbocycles. The number of amides is 1. The molecular weight excluding hydrogens is 481 g/mol. The summed E-state index contributed by atoms with van der Waals surface area (Å²) in [6.07, 6.45) is 8.86. The first-order valence-electron chi connectivity index (χ1n) is 11.1. The van der Waals surface area contributed by atoms with Gasteiger partial charge in [-0.05, 0) is 58.0 Å². The Hall–Kier alpha value is -0.610. The highest BCUT2D eigenvalue weighted by atomic mass is 127. The Kier molecular flexibility index (Phi) is 9.94. The zero-order chi connectivity index (χ0) is 20.0. The van der Waals surface area contributed by atoms with Gasteiger partial charge in [0.05, 0.1) is 0 Å². The van der Waals surface area contributed by atoms with Crippen molar-refractivity contribution < 1.29 is 9.53 Å². The van der Waals surface area contributed by atoms with Crippen LogP contribution in [0.25, 0.3) is 0 Å². The molecule has 0 aromatic heterocycles. The van der Waals surface area contributed by atoms with Crippen LogP contribution in [0.4, 0.5) is 0 Å². The van der Waals surface area contributed by atoms with Crippen LogP contribution in [0.15, 0.2) is 4.99 Å². The van der Waals surface area contributed by atoms with Crippen molar-refractivity contribution in [2.45, 2.75) is 62.9 Å². The third-order valence-corrected chi connectivity index (χ3v) is 6.81. The number of hydrogen-bond acceptors (Lipinski definition) is 4. The second-order valence-corrected chi connectivity index (χ2v) is 8.89. The van der Waals surface area contributed by atoms with Crippen molar-refractivity contribution in [1.29, 1.82) is 0 Å². The summed E-state index contributed by atoms with van der Waals surface area (Å²) in [5.74, 6) is 1.25. The zero-order valence-electron chi connectivity index (χ0n) is 18.4. The molecule has 1 amide bonds. The second-order valence-electron chi connectivity index (χ2n) is 8.89. The summed E-state index contributed by atoms with van der Waals surface area (Å²) in [7, 11) is 5.55. The van der Waals surface area contributed by atoms with Gasteiger partial charge in [-0.15, -0.1) is 24.0 Å². The monoisotopic (exact) mass is 521 g/mol. The van der Waals surface area contributed by atoms with E-state index in [-0.39, 0.29) is 41.3 Å². The minimum absolute atomic E-state index is 0. The normalized spacial score (nSPS) is 27.8. The molecule has 0 aromatic carbocycles. The average Bonchev–Trinajstić information content (AvgIpc) is 3.27. The fraction of sp³-hybridized carbons (Fsp3) is 0.905. The number of nitrogens with one attached hydrogen (secondary N) is 2. The van der Waals surface area contributed by atoms with E-state index in [0.717, 1.165) is 64.2 Å². The van der Waals surface area contributed by atoms with Gasteiger partial charge >= 0.3 is 0 Å². The average molecular weight is 521 g/mol. The Morgan fingerprint density at radius 3 is 2.48 bits per heavy atom. The number of rotatable bonds is 5. The highest BCUT2D eigenvalue weighted by molar-refractivity contribution is 14.0. The Morgan fingerprint density at radius 1 is 1.17 bits per heavy atom. The van der Waals surface area contributed by atoms with Crippen LogP contribution in [-0.2, 0) is 9.53 Å². The quantitative estimate of drug-likeness (QED) is 0.330. The van der Waals surface area contributed by atoms with Crippen LogP contribution in [0.5, 0.6) is 0 Å². The minimum Gasteiger partial charge on any atom is -0.381 e. The predicted molar refractivity (Wildman–Crippen MR) is 128 cm³/mol. The summed E-state index contributed by atoms with van der Waals surface area (Å²) >= 11 is 0. The number of likely N-dealkylation sites (tertiary alicyclic amines) is 1. The van der Waals surface area contributed by atoms with Crippen LogP contribution in [0.1, 0.15) is 51.4 Å². The molecule has 29 heavy (non-hydrogen) atoms. The minimum atomic E-state index is 0. The predicted octanol–water partition coefficient (Wildman–Crippen LogP) is 2.06. The van der Waals surface area contributed by atoms with Crippen molar-refractivity contribution in [1.82, 2.24) is 20.4 Å². The lowest BCUT2D eigenvalue weighted by Crippen LogP contribution is -2.59. The molecule has 0 spiro atoms. The molecule has 0 aromatic rings. The number of carbonyl (C=O) groups excluding carboxylic acids is 1. The SMILES string of the molecule is CN=C(NCC1(N2CCCC2)CCOCC1)NC1CCCC(C(=O)N(C)C)C1.I. The third-order valence-electron chi connectivity index (χ3n) is 6.81. The summed E-state index contributed by atoms with van der Waals surface area (Å²) in [5, 5.41) is 7.21. The largest absolute Gasteiger partial charge is 0.381 e. The third kappa shape index (κ3) is 6.43. The standard InChI is InChI=1S/C21H39N5O2.HI/c1-22-20(24-18-8-6-7-17(15-18)19(27)25(2)3)23-16-21(9-13-28-14-10-21)26-11-4-5-12-26;/h17-18H,4-16H2,1-3H3,(H2,22,23,24);1H. The number of guanidine groups is 1. The van der Waals surface area contributed by atoms with Crippen molar-refractivity contribution in [2.24, 2.45) is 10.9 Å². The molecule has 2 heterocycles. The Morgan fingerprint density at radius 2 is 1.86 bits per heavy atom. The van der Waals surface area contributed by atoms with Gasteiger partial charge < -0.3 is 20.3 Å². The van der Waals surface area contributed by atoms with Gasteiger partial charge in [0.15, 0.2) is 5.96 Å². The summed E-state index contributed by atoms with van der Waals surface area (Å²) in [5.41, 5.74) is 0.183. The summed E-state index contributed by atoms with van der Waals surface area (Å²) in [6.45, 7) is 5.00. The molecule has 2 aliphatic heterocycles. The lowest BCUT2D eigenvalue weighted by Gasteiger charge is -2.45. The van der Waals surface area contributed by atoms with E-state index in [1.165, 1.54) is 25.9 Å². The van der Waals surface area contributed by atoms with E-state index in [2.05, 4.69) is 20.5 Å². The maximum Gasteiger partial charge on any atom is 0.225 e. The lowest BCUT2D eigenvalue weighted by molar-refractivity contribution is -0.134. The van der Waals surface area contributed by atoms with Crippen molar-refractivity contribution >= 4 is 35.8 Å². The number of aliphatic imine (C=N–C) groups is 1. The Bertz CT molecular complexity index is 545. The van der Waals surface area contributed by atoms with E-state index >= 15 is 0 Å². The van der Waals surface area contributed by atoms with E-state index in [0.29, 0.717) is 6.04 Å². The van der Waals surface area contributed by atoms with Crippen molar-refractivity contribution in [3.05, 3.63) is 0 Å². The summed E-state index contributed by atoms with van der Waals surface area (Å²) in [6, 6.07) is 0.311. The van der Waals surface area contributed by atoms with Gasteiger partial charge in [0.1, 0.15) is 0 Å². The Labute approximate surface area is 193 Å². The van der Waals surface area contributed by atoms with Crippen LogP contribution >= 0.6 is 24.0 Å². The van der Waals surface area contributed by atoms with Crippen LogP contribution in [0.2, 0.25) is 0 Å². The van der Waals surface area contributed by atoms with Gasteiger partial charge in [-0.2, -0.15) is 0 Å². The summed E-state index contributed by atoms with van der Waals surface area (Å²) < 4.78 is 5.66. The van der Waals surface area contributed by atoms with Gasteiger partial charge in [0.25, 0.3) is 0 Å².